The summed E-state index contributed by atoms with van der Waals surface area (Å²) in [7, 11) is 3.37. The molecule has 0 aliphatic carbocycles. The maximum Gasteiger partial charge on any atom is 0.316 e. The predicted molar refractivity (Wildman–Crippen MR) is 70.1 cm³/mol. The van der Waals surface area contributed by atoms with Crippen molar-refractivity contribution in [2.75, 3.05) is 26.4 Å². The standard InChI is InChI=1S/C12H19N5O/c1-8-9(2)17(11(14)10(8)7-13)6-5-15-12(18)16(3)4/h5-6,14H2,1-4H3,(H,15,18). The van der Waals surface area contributed by atoms with Crippen molar-refractivity contribution in [1.29, 1.82) is 5.26 Å². The fourth-order valence-corrected chi connectivity index (χ4v) is 1.75. The van der Waals surface area contributed by atoms with E-state index < -0.39 is 0 Å². The monoisotopic (exact) mass is 249 g/mol. The van der Waals surface area contributed by atoms with Crippen LogP contribution in [0, 0.1) is 25.2 Å². The van der Waals surface area contributed by atoms with E-state index >= 15 is 0 Å². The van der Waals surface area contributed by atoms with Crippen LogP contribution in [-0.2, 0) is 6.54 Å². The van der Waals surface area contributed by atoms with E-state index in [9.17, 15) is 4.79 Å². The number of nitrogen functional groups attached to an aromatic ring is 1. The number of rotatable bonds is 3. The zero-order valence-electron chi connectivity index (χ0n) is 11.2. The van der Waals surface area contributed by atoms with Gasteiger partial charge in [0.25, 0.3) is 0 Å². The summed E-state index contributed by atoms with van der Waals surface area (Å²) in [6.07, 6.45) is 0. The Balaban J connectivity index is 2.75. The second-order valence-electron chi connectivity index (χ2n) is 4.36. The number of hydrogen-bond donors (Lipinski definition) is 2. The highest BCUT2D eigenvalue weighted by atomic mass is 16.2. The van der Waals surface area contributed by atoms with Gasteiger partial charge in [0.1, 0.15) is 11.9 Å². The van der Waals surface area contributed by atoms with Gasteiger partial charge >= 0.3 is 6.03 Å². The molecule has 3 N–H and O–H groups in total. The number of nitrogens with one attached hydrogen (secondary N) is 1. The fourth-order valence-electron chi connectivity index (χ4n) is 1.75. The highest BCUT2D eigenvalue weighted by Gasteiger charge is 2.14. The number of carbonyl (C=O) groups is 1. The summed E-state index contributed by atoms with van der Waals surface area (Å²) in [4.78, 5) is 12.8. The molecule has 0 spiro atoms. The largest absolute Gasteiger partial charge is 0.384 e. The van der Waals surface area contributed by atoms with E-state index in [1.807, 2.05) is 18.4 Å². The van der Waals surface area contributed by atoms with Gasteiger partial charge < -0.3 is 20.5 Å². The molecule has 1 aromatic heterocycles. The summed E-state index contributed by atoms with van der Waals surface area (Å²) in [5.41, 5.74) is 8.29. The average Bonchev–Trinajstić information content (AvgIpc) is 2.52. The Bertz CT molecular complexity index is 496. The van der Waals surface area contributed by atoms with Crippen LogP contribution in [0.4, 0.5) is 10.6 Å². The van der Waals surface area contributed by atoms with Gasteiger partial charge in [-0.15, -0.1) is 0 Å². The summed E-state index contributed by atoms with van der Waals surface area (Å²) in [5, 5.41) is 11.8. The second kappa shape index (κ2) is 5.45. The van der Waals surface area contributed by atoms with Gasteiger partial charge in [-0.2, -0.15) is 5.26 Å². The molecule has 0 aromatic carbocycles. The maximum atomic E-state index is 11.4. The molecule has 0 aliphatic heterocycles. The first-order valence-electron chi connectivity index (χ1n) is 5.70. The number of nitrogens with two attached hydrogens (primary N) is 1. The van der Waals surface area contributed by atoms with Crippen molar-refractivity contribution in [2.24, 2.45) is 0 Å². The van der Waals surface area contributed by atoms with Gasteiger partial charge in [-0.3, -0.25) is 0 Å². The molecule has 0 radical (unpaired) electrons. The minimum absolute atomic E-state index is 0.143. The quantitative estimate of drug-likeness (QED) is 0.831. The Hall–Kier alpha value is -2.16. The van der Waals surface area contributed by atoms with Crippen LogP contribution in [0.2, 0.25) is 0 Å². The van der Waals surface area contributed by atoms with Crippen LogP contribution in [0.1, 0.15) is 16.8 Å². The van der Waals surface area contributed by atoms with Crippen molar-refractivity contribution in [3.63, 3.8) is 0 Å². The molecule has 0 atom stereocenters. The minimum atomic E-state index is -0.143. The molecule has 1 heterocycles. The number of nitriles is 1. The normalized spacial score (nSPS) is 9.94. The molecule has 6 heteroatoms. The van der Waals surface area contributed by atoms with Crippen LogP contribution in [0.15, 0.2) is 0 Å². The van der Waals surface area contributed by atoms with Crippen molar-refractivity contribution in [3.05, 3.63) is 16.8 Å². The number of urea groups is 1. The number of aromatic nitrogens is 1. The molecule has 98 valence electrons. The lowest BCUT2D eigenvalue weighted by molar-refractivity contribution is 0.217. The van der Waals surface area contributed by atoms with Gasteiger partial charge in [-0.05, 0) is 19.4 Å². The number of nitrogens with zero attached hydrogens (tertiary/aromatic N) is 3. The summed E-state index contributed by atoms with van der Waals surface area (Å²) >= 11 is 0. The first kappa shape index (κ1) is 13.9. The van der Waals surface area contributed by atoms with Gasteiger partial charge in [0.15, 0.2) is 0 Å². The number of anilines is 1. The summed E-state index contributed by atoms with van der Waals surface area (Å²) < 4.78 is 1.85. The maximum absolute atomic E-state index is 11.4. The van der Waals surface area contributed by atoms with Gasteiger partial charge in [0.2, 0.25) is 0 Å². The van der Waals surface area contributed by atoms with Crippen LogP contribution in [0.3, 0.4) is 0 Å². The number of hydrogen-bond acceptors (Lipinski definition) is 3. The Morgan fingerprint density at radius 3 is 2.56 bits per heavy atom. The van der Waals surface area contributed by atoms with Gasteiger partial charge in [0.05, 0.1) is 5.56 Å². The molecule has 0 saturated carbocycles. The summed E-state index contributed by atoms with van der Waals surface area (Å²) in [6, 6.07) is 1.96. The van der Waals surface area contributed by atoms with Gasteiger partial charge in [-0.1, -0.05) is 0 Å². The molecular formula is C12H19N5O. The predicted octanol–water partition coefficient (Wildman–Crippen LogP) is 0.830. The molecule has 0 unspecified atom stereocenters. The zero-order valence-corrected chi connectivity index (χ0v) is 11.2. The molecule has 0 bridgehead atoms. The van der Waals surface area contributed by atoms with Crippen LogP contribution < -0.4 is 11.1 Å². The molecule has 2 amide bonds. The summed E-state index contributed by atoms with van der Waals surface area (Å²) in [5.74, 6) is 0.464. The highest BCUT2D eigenvalue weighted by Crippen LogP contribution is 2.22. The molecule has 1 rings (SSSR count). The van der Waals surface area contributed by atoms with Crippen molar-refractivity contribution in [1.82, 2.24) is 14.8 Å². The minimum Gasteiger partial charge on any atom is -0.384 e. The Kier molecular flexibility index (Phi) is 4.21. The van der Waals surface area contributed by atoms with E-state index in [4.69, 9.17) is 11.0 Å². The lowest BCUT2D eigenvalue weighted by Crippen LogP contribution is -2.36. The second-order valence-corrected chi connectivity index (χ2v) is 4.36. The zero-order chi connectivity index (χ0) is 13.9. The van der Waals surface area contributed by atoms with Gasteiger partial charge in [-0.25, -0.2) is 4.79 Å². The Labute approximate surface area is 107 Å². The Morgan fingerprint density at radius 2 is 2.11 bits per heavy atom. The molecule has 1 aromatic rings. The molecule has 0 fully saturated rings. The first-order chi connectivity index (χ1) is 8.40. The number of amides is 2. The van der Waals surface area contributed by atoms with E-state index in [1.165, 1.54) is 4.90 Å². The topological polar surface area (TPSA) is 87.1 Å². The van der Waals surface area contributed by atoms with Crippen molar-refractivity contribution in [2.45, 2.75) is 20.4 Å². The van der Waals surface area contributed by atoms with Crippen LogP contribution in [-0.4, -0.2) is 36.1 Å². The third-order valence-corrected chi connectivity index (χ3v) is 3.00. The average molecular weight is 249 g/mol. The van der Waals surface area contributed by atoms with E-state index in [0.29, 0.717) is 24.5 Å². The van der Waals surface area contributed by atoms with Crippen molar-refractivity contribution in [3.8, 4) is 6.07 Å². The molecule has 0 aliphatic rings. The molecule has 0 saturated heterocycles. The van der Waals surface area contributed by atoms with E-state index in [1.54, 1.807) is 14.1 Å². The third kappa shape index (κ3) is 2.56. The first-order valence-corrected chi connectivity index (χ1v) is 5.70. The lowest BCUT2D eigenvalue weighted by Gasteiger charge is -2.13. The van der Waals surface area contributed by atoms with Crippen LogP contribution >= 0.6 is 0 Å². The van der Waals surface area contributed by atoms with E-state index in [-0.39, 0.29) is 6.03 Å². The Morgan fingerprint density at radius 1 is 1.50 bits per heavy atom. The van der Waals surface area contributed by atoms with E-state index in [0.717, 1.165) is 11.3 Å². The van der Waals surface area contributed by atoms with Crippen LogP contribution in [0.25, 0.3) is 0 Å². The summed E-state index contributed by atoms with van der Waals surface area (Å²) in [6.45, 7) is 4.82. The smallest absolute Gasteiger partial charge is 0.316 e. The fraction of sp³-hybridized carbons (Fsp3) is 0.500. The SMILES string of the molecule is Cc1c(C#N)c(N)n(CCNC(=O)N(C)C)c1C. The third-order valence-electron chi connectivity index (χ3n) is 3.00. The molecular weight excluding hydrogens is 230 g/mol. The van der Waals surface area contributed by atoms with Crippen LogP contribution in [0.5, 0.6) is 0 Å². The highest BCUT2D eigenvalue weighted by molar-refractivity contribution is 5.73. The van der Waals surface area contributed by atoms with Crippen molar-refractivity contribution < 1.29 is 4.79 Å². The van der Waals surface area contributed by atoms with Gasteiger partial charge in [0, 0.05) is 32.9 Å². The van der Waals surface area contributed by atoms with E-state index in [2.05, 4.69) is 11.4 Å². The van der Waals surface area contributed by atoms with Crippen molar-refractivity contribution >= 4 is 11.8 Å². The molecule has 18 heavy (non-hydrogen) atoms. The molecule has 6 nitrogen and oxygen atoms in total. The number of carbonyl (C=O) groups excluding carboxylic acids is 1. The lowest BCUT2D eigenvalue weighted by atomic mass is 10.2.